The highest BCUT2D eigenvalue weighted by molar-refractivity contribution is 5.99. The third kappa shape index (κ3) is 1.76. The first-order chi connectivity index (χ1) is 8.77. The Balaban J connectivity index is 2.08. The SMILES string of the molecule is CN1C=CC(c2ccccn2)C2=C1CCCC2=O. The molecular formula is C15H16N2O. The van der Waals surface area contributed by atoms with Crippen LogP contribution in [0.5, 0.6) is 0 Å². The molecule has 18 heavy (non-hydrogen) atoms. The lowest BCUT2D eigenvalue weighted by Gasteiger charge is -2.32. The Hall–Kier alpha value is -1.90. The molecular weight excluding hydrogens is 224 g/mol. The van der Waals surface area contributed by atoms with Gasteiger partial charge in [0, 0.05) is 37.1 Å². The van der Waals surface area contributed by atoms with Gasteiger partial charge in [0.15, 0.2) is 5.78 Å². The van der Waals surface area contributed by atoms with Crippen molar-refractivity contribution in [3.05, 3.63) is 53.6 Å². The summed E-state index contributed by atoms with van der Waals surface area (Å²) in [6.07, 6.45) is 8.54. The average molecular weight is 240 g/mol. The molecule has 92 valence electrons. The van der Waals surface area contributed by atoms with E-state index in [2.05, 4.69) is 22.2 Å². The number of carbonyl (C=O) groups is 1. The first-order valence-electron chi connectivity index (χ1n) is 6.35. The topological polar surface area (TPSA) is 33.2 Å². The maximum Gasteiger partial charge on any atom is 0.161 e. The number of allylic oxidation sites excluding steroid dienone is 3. The molecule has 0 fully saturated rings. The van der Waals surface area contributed by atoms with Gasteiger partial charge < -0.3 is 4.90 Å². The second-order valence-corrected chi connectivity index (χ2v) is 4.82. The largest absolute Gasteiger partial charge is 0.354 e. The number of Topliss-reactive ketones (excluding diaryl/α,β-unsaturated/α-hetero) is 1. The Bertz CT molecular complexity index is 531. The highest BCUT2D eigenvalue weighted by Gasteiger charge is 2.31. The molecule has 1 atom stereocenters. The Kier molecular flexibility index (Phi) is 2.74. The quantitative estimate of drug-likeness (QED) is 0.756. The molecule has 0 amide bonds. The zero-order valence-electron chi connectivity index (χ0n) is 10.5. The van der Waals surface area contributed by atoms with Gasteiger partial charge in [-0.3, -0.25) is 9.78 Å². The number of aromatic nitrogens is 1. The van der Waals surface area contributed by atoms with Crippen LogP contribution in [0.1, 0.15) is 30.9 Å². The smallest absolute Gasteiger partial charge is 0.161 e. The number of hydrogen-bond donors (Lipinski definition) is 0. The molecule has 0 spiro atoms. The van der Waals surface area contributed by atoms with E-state index in [0.717, 1.165) is 24.1 Å². The van der Waals surface area contributed by atoms with Crippen molar-refractivity contribution in [3.8, 4) is 0 Å². The molecule has 1 aromatic heterocycles. The van der Waals surface area contributed by atoms with Gasteiger partial charge in [0.25, 0.3) is 0 Å². The Morgan fingerprint density at radius 2 is 2.22 bits per heavy atom. The summed E-state index contributed by atoms with van der Waals surface area (Å²) in [5, 5.41) is 0. The molecule has 2 aliphatic rings. The zero-order chi connectivity index (χ0) is 12.5. The van der Waals surface area contributed by atoms with E-state index in [4.69, 9.17) is 0 Å². The summed E-state index contributed by atoms with van der Waals surface area (Å²) in [6, 6.07) is 5.87. The Morgan fingerprint density at radius 1 is 1.33 bits per heavy atom. The monoisotopic (exact) mass is 240 g/mol. The van der Waals surface area contributed by atoms with Crippen molar-refractivity contribution in [2.24, 2.45) is 0 Å². The first-order valence-corrected chi connectivity index (χ1v) is 6.35. The van der Waals surface area contributed by atoms with Gasteiger partial charge in [-0.1, -0.05) is 12.1 Å². The van der Waals surface area contributed by atoms with Crippen LogP contribution < -0.4 is 0 Å². The van der Waals surface area contributed by atoms with Crippen molar-refractivity contribution in [2.45, 2.75) is 25.2 Å². The van der Waals surface area contributed by atoms with Crippen LogP contribution in [0.3, 0.4) is 0 Å². The number of ketones is 1. The molecule has 1 aliphatic heterocycles. The molecule has 0 saturated carbocycles. The molecule has 1 aromatic rings. The number of pyridine rings is 1. The van der Waals surface area contributed by atoms with Gasteiger partial charge in [0.05, 0.1) is 11.6 Å². The van der Waals surface area contributed by atoms with Crippen LogP contribution in [0.25, 0.3) is 0 Å². The highest BCUT2D eigenvalue weighted by atomic mass is 16.1. The maximum atomic E-state index is 12.2. The van der Waals surface area contributed by atoms with Crippen molar-refractivity contribution in [2.75, 3.05) is 7.05 Å². The van der Waals surface area contributed by atoms with Crippen molar-refractivity contribution in [1.29, 1.82) is 0 Å². The minimum atomic E-state index is 0.0326. The van der Waals surface area contributed by atoms with Crippen molar-refractivity contribution >= 4 is 5.78 Å². The molecule has 1 unspecified atom stereocenters. The third-order valence-corrected chi connectivity index (χ3v) is 3.67. The Labute approximate surface area is 107 Å². The van der Waals surface area contributed by atoms with Crippen LogP contribution in [0, 0.1) is 0 Å². The Morgan fingerprint density at radius 3 is 3.00 bits per heavy atom. The standard InChI is InChI=1S/C15H16N2O/c1-17-10-8-11(12-5-2-3-9-16-12)15-13(17)6-4-7-14(15)18/h2-3,5,8-11H,4,6-7H2,1H3. The summed E-state index contributed by atoms with van der Waals surface area (Å²) in [7, 11) is 2.01. The normalized spacial score (nSPS) is 23.3. The van der Waals surface area contributed by atoms with E-state index in [1.54, 1.807) is 6.20 Å². The highest BCUT2D eigenvalue weighted by Crippen LogP contribution is 2.37. The molecule has 1 aliphatic carbocycles. The maximum absolute atomic E-state index is 12.2. The summed E-state index contributed by atoms with van der Waals surface area (Å²) in [5.41, 5.74) is 3.08. The van der Waals surface area contributed by atoms with Crippen molar-refractivity contribution in [3.63, 3.8) is 0 Å². The summed E-state index contributed by atoms with van der Waals surface area (Å²) in [5.74, 6) is 0.313. The van der Waals surface area contributed by atoms with Gasteiger partial charge in [-0.15, -0.1) is 0 Å². The predicted octanol–water partition coefficient (Wildman–Crippen LogP) is 2.63. The third-order valence-electron chi connectivity index (χ3n) is 3.67. The second kappa shape index (κ2) is 4.41. The summed E-state index contributed by atoms with van der Waals surface area (Å²) in [6.45, 7) is 0. The van der Waals surface area contributed by atoms with Gasteiger partial charge in [-0.2, -0.15) is 0 Å². The molecule has 0 aromatic carbocycles. The van der Waals surface area contributed by atoms with Crippen molar-refractivity contribution in [1.82, 2.24) is 9.88 Å². The van der Waals surface area contributed by atoms with E-state index < -0.39 is 0 Å². The molecule has 0 saturated heterocycles. The fraction of sp³-hybridized carbons (Fsp3) is 0.333. The molecule has 0 bridgehead atoms. The average Bonchev–Trinajstić information content (AvgIpc) is 2.41. The number of hydrogen-bond acceptors (Lipinski definition) is 3. The molecule has 3 rings (SSSR count). The predicted molar refractivity (Wildman–Crippen MR) is 69.8 cm³/mol. The number of rotatable bonds is 1. The van der Waals surface area contributed by atoms with Crippen LogP contribution in [-0.2, 0) is 4.79 Å². The summed E-state index contributed by atoms with van der Waals surface area (Å²) < 4.78 is 0. The fourth-order valence-corrected chi connectivity index (χ4v) is 2.77. The van der Waals surface area contributed by atoms with E-state index in [0.29, 0.717) is 6.42 Å². The van der Waals surface area contributed by atoms with E-state index >= 15 is 0 Å². The minimum absolute atomic E-state index is 0.0326. The fourth-order valence-electron chi connectivity index (χ4n) is 2.77. The molecule has 3 nitrogen and oxygen atoms in total. The van der Waals surface area contributed by atoms with E-state index in [9.17, 15) is 4.79 Å². The zero-order valence-corrected chi connectivity index (χ0v) is 10.5. The van der Waals surface area contributed by atoms with Crippen LogP contribution in [0.15, 0.2) is 47.9 Å². The lowest BCUT2D eigenvalue weighted by molar-refractivity contribution is -0.116. The molecule has 0 radical (unpaired) electrons. The van der Waals surface area contributed by atoms with Crippen molar-refractivity contribution < 1.29 is 4.79 Å². The van der Waals surface area contributed by atoms with Crippen LogP contribution in [0.2, 0.25) is 0 Å². The van der Waals surface area contributed by atoms with Gasteiger partial charge in [0.2, 0.25) is 0 Å². The lowest BCUT2D eigenvalue weighted by Crippen LogP contribution is -2.27. The van der Waals surface area contributed by atoms with Gasteiger partial charge >= 0.3 is 0 Å². The van der Waals surface area contributed by atoms with Crippen LogP contribution in [0.4, 0.5) is 0 Å². The minimum Gasteiger partial charge on any atom is -0.354 e. The van der Waals surface area contributed by atoms with Gasteiger partial charge in [0.1, 0.15) is 0 Å². The van der Waals surface area contributed by atoms with Gasteiger partial charge in [-0.25, -0.2) is 0 Å². The molecule has 3 heteroatoms. The summed E-state index contributed by atoms with van der Waals surface area (Å²) >= 11 is 0. The van der Waals surface area contributed by atoms with E-state index in [1.807, 2.05) is 25.2 Å². The number of nitrogens with zero attached hydrogens (tertiary/aromatic N) is 2. The second-order valence-electron chi connectivity index (χ2n) is 4.82. The summed E-state index contributed by atoms with van der Waals surface area (Å²) in [4.78, 5) is 18.7. The molecule has 0 N–H and O–H groups in total. The van der Waals surface area contributed by atoms with Crippen LogP contribution in [-0.4, -0.2) is 22.7 Å². The van der Waals surface area contributed by atoms with Gasteiger partial charge in [-0.05, 0) is 25.0 Å². The van der Waals surface area contributed by atoms with Crippen LogP contribution >= 0.6 is 0 Å². The van der Waals surface area contributed by atoms with E-state index in [-0.39, 0.29) is 11.7 Å². The lowest BCUT2D eigenvalue weighted by atomic mass is 9.82. The number of carbonyl (C=O) groups excluding carboxylic acids is 1. The molecule has 2 heterocycles. The first kappa shape index (κ1) is 11.2. The van der Waals surface area contributed by atoms with E-state index in [1.165, 1.54) is 5.70 Å².